The van der Waals surface area contributed by atoms with Gasteiger partial charge in [0.1, 0.15) is 0 Å². The standard InChI is InChI=1S/C20H21N4O4S2/c1-3-11-28-18-16(17-6-5-12-29-17)13-21-19(23-18)22-14-7-9-15(10-8-14)30(26)24-20(25)27-4-2/h5-10,12-13H,3-4,11H2,1-2H3,(H,21,22,23)/q-1. The number of rotatable bonds is 8. The van der Waals surface area contributed by atoms with Crippen molar-refractivity contribution in [3.05, 3.63) is 48.0 Å². The van der Waals surface area contributed by atoms with Crippen LogP contribution in [0.4, 0.5) is 16.4 Å². The maximum atomic E-state index is 12.1. The van der Waals surface area contributed by atoms with Crippen molar-refractivity contribution in [1.29, 1.82) is 0 Å². The third-order valence-corrected chi connectivity index (χ3v) is 5.61. The van der Waals surface area contributed by atoms with Gasteiger partial charge < -0.3 is 19.0 Å². The minimum Gasteiger partial charge on any atom is -0.477 e. The Morgan fingerprint density at radius 3 is 2.70 bits per heavy atom. The summed E-state index contributed by atoms with van der Waals surface area (Å²) in [6, 6.07) is 10.6. The van der Waals surface area contributed by atoms with Gasteiger partial charge in [0.05, 0.1) is 18.8 Å². The van der Waals surface area contributed by atoms with Crippen molar-refractivity contribution in [2.75, 3.05) is 18.5 Å². The zero-order valence-electron chi connectivity index (χ0n) is 16.5. The number of hydrogen-bond acceptors (Lipinski definition) is 9. The van der Waals surface area contributed by atoms with Crippen molar-refractivity contribution < 1.29 is 18.5 Å². The van der Waals surface area contributed by atoms with Gasteiger partial charge in [0.15, 0.2) is 0 Å². The number of nitrogens with zero attached hydrogens (tertiary/aromatic N) is 3. The van der Waals surface area contributed by atoms with E-state index >= 15 is 0 Å². The van der Waals surface area contributed by atoms with Gasteiger partial charge in [-0.15, -0.1) is 21.9 Å². The Labute approximate surface area is 180 Å². The predicted octanol–water partition coefficient (Wildman–Crippen LogP) is 5.40. The molecule has 2 aromatic heterocycles. The number of carbonyl (C=O) groups excluding carboxylic acids is 1. The largest absolute Gasteiger partial charge is 0.477 e. The summed E-state index contributed by atoms with van der Waals surface area (Å²) in [6.07, 6.45) is 1.75. The molecule has 0 aliphatic rings. The van der Waals surface area contributed by atoms with E-state index in [0.717, 1.165) is 16.9 Å². The topological polar surface area (TPSA) is 103 Å². The van der Waals surface area contributed by atoms with Crippen LogP contribution in [0.3, 0.4) is 0 Å². The first-order chi connectivity index (χ1) is 14.6. The molecule has 0 radical (unpaired) electrons. The molecule has 8 nitrogen and oxygen atoms in total. The molecule has 0 atom stereocenters. The quantitative estimate of drug-likeness (QED) is 0.463. The van der Waals surface area contributed by atoms with Crippen molar-refractivity contribution in [2.24, 2.45) is 4.36 Å². The summed E-state index contributed by atoms with van der Waals surface area (Å²) in [7, 11) is -1.82. The maximum Gasteiger partial charge on any atom is 0.410 e. The molecular weight excluding hydrogens is 424 g/mol. The minimum atomic E-state index is -1.82. The van der Waals surface area contributed by atoms with Crippen molar-refractivity contribution in [3.63, 3.8) is 0 Å². The fourth-order valence-corrected chi connectivity index (χ4v) is 3.78. The van der Waals surface area contributed by atoms with Crippen LogP contribution < -0.4 is 10.1 Å². The number of anilines is 2. The molecule has 0 saturated carbocycles. The highest BCUT2D eigenvalue weighted by atomic mass is 32.2. The molecular formula is C20H21N4O4S2-. The van der Waals surface area contributed by atoms with Gasteiger partial charge in [-0.3, -0.25) is 4.36 Å². The lowest BCUT2D eigenvalue weighted by Crippen LogP contribution is -2.03. The molecule has 1 amide bonds. The number of carbonyl (C=O) groups is 1. The summed E-state index contributed by atoms with van der Waals surface area (Å²) in [5, 5.41) is 5.09. The Morgan fingerprint density at radius 2 is 2.03 bits per heavy atom. The van der Waals surface area contributed by atoms with Gasteiger partial charge in [-0.05, 0) is 36.9 Å². The molecule has 10 heteroatoms. The first-order valence-corrected chi connectivity index (χ1v) is 11.3. The number of amides is 1. The van der Waals surface area contributed by atoms with Crippen molar-refractivity contribution in [3.8, 4) is 16.3 Å². The molecule has 2 heterocycles. The van der Waals surface area contributed by atoms with E-state index < -0.39 is 16.7 Å². The van der Waals surface area contributed by atoms with Crippen LogP contribution in [0.1, 0.15) is 20.3 Å². The lowest BCUT2D eigenvalue weighted by molar-refractivity contribution is 0.164. The lowest BCUT2D eigenvalue weighted by Gasteiger charge is -2.12. The smallest absolute Gasteiger partial charge is 0.410 e. The summed E-state index contributed by atoms with van der Waals surface area (Å²) in [6.45, 7) is 4.42. The van der Waals surface area contributed by atoms with Crippen LogP contribution in [0.5, 0.6) is 5.88 Å². The Morgan fingerprint density at radius 1 is 1.23 bits per heavy atom. The number of ether oxygens (including phenoxy) is 2. The van der Waals surface area contributed by atoms with Crippen molar-refractivity contribution in [2.45, 2.75) is 25.2 Å². The molecule has 1 N–H and O–H groups in total. The molecule has 0 aliphatic carbocycles. The lowest BCUT2D eigenvalue weighted by atomic mass is 10.2. The normalized spacial score (nSPS) is 11.8. The summed E-state index contributed by atoms with van der Waals surface area (Å²) in [4.78, 5) is 21.6. The van der Waals surface area contributed by atoms with E-state index in [-0.39, 0.29) is 6.61 Å². The monoisotopic (exact) mass is 445 g/mol. The van der Waals surface area contributed by atoms with E-state index in [1.165, 1.54) is 0 Å². The molecule has 3 aromatic rings. The average Bonchev–Trinajstić information content (AvgIpc) is 3.27. The molecule has 30 heavy (non-hydrogen) atoms. The van der Waals surface area contributed by atoms with Gasteiger partial charge in [0.2, 0.25) is 11.8 Å². The molecule has 158 valence electrons. The first kappa shape index (κ1) is 21.7. The molecule has 3 rings (SSSR count). The number of benzene rings is 1. The second kappa shape index (κ2) is 10.7. The second-order valence-corrected chi connectivity index (χ2v) is 8.03. The van der Waals surface area contributed by atoms with Crippen LogP contribution in [0, 0.1) is 0 Å². The Balaban J connectivity index is 1.77. The second-order valence-electron chi connectivity index (χ2n) is 5.93. The summed E-state index contributed by atoms with van der Waals surface area (Å²) in [5.74, 6) is 0.897. The maximum absolute atomic E-state index is 12.1. The van der Waals surface area contributed by atoms with E-state index in [2.05, 4.69) is 24.4 Å². The SMILES string of the molecule is CCCOc1nc(Nc2ccc([S-](=O)=NC(=O)OCC)cc2)ncc1-c1cccs1. The highest BCUT2D eigenvalue weighted by Crippen LogP contribution is 2.32. The highest BCUT2D eigenvalue weighted by molar-refractivity contribution is 7.75. The fraction of sp³-hybridized carbons (Fsp3) is 0.250. The summed E-state index contributed by atoms with van der Waals surface area (Å²) < 4.78 is 26.0. The van der Waals surface area contributed by atoms with Crippen LogP contribution >= 0.6 is 11.3 Å². The van der Waals surface area contributed by atoms with Gasteiger partial charge in [-0.25, -0.2) is 9.78 Å². The summed E-state index contributed by atoms with van der Waals surface area (Å²) >= 11 is 1.59. The number of hydrogen-bond donors (Lipinski definition) is 1. The number of aromatic nitrogens is 2. The van der Waals surface area contributed by atoms with Gasteiger partial charge in [-0.1, -0.05) is 30.0 Å². The Kier molecular flexibility index (Phi) is 7.75. The molecule has 0 bridgehead atoms. The molecule has 0 fully saturated rings. The van der Waals surface area contributed by atoms with Crippen LogP contribution in [-0.4, -0.2) is 29.3 Å². The Bertz CT molecular complexity index is 1060. The van der Waals surface area contributed by atoms with Crippen molar-refractivity contribution in [1.82, 2.24) is 9.97 Å². The van der Waals surface area contributed by atoms with Crippen LogP contribution in [-0.2, 0) is 19.5 Å². The van der Waals surface area contributed by atoms with Crippen LogP contribution in [0.25, 0.3) is 10.4 Å². The number of nitrogens with one attached hydrogen (secondary N) is 1. The van der Waals surface area contributed by atoms with E-state index in [4.69, 9.17) is 4.74 Å². The predicted molar refractivity (Wildman–Crippen MR) is 117 cm³/mol. The third-order valence-electron chi connectivity index (χ3n) is 3.72. The zero-order chi connectivity index (χ0) is 21.3. The fourth-order valence-electron chi connectivity index (χ4n) is 2.39. The average molecular weight is 446 g/mol. The van der Waals surface area contributed by atoms with E-state index in [0.29, 0.717) is 29.0 Å². The third kappa shape index (κ3) is 5.77. The van der Waals surface area contributed by atoms with E-state index in [1.54, 1.807) is 48.7 Å². The van der Waals surface area contributed by atoms with Gasteiger partial charge in [0, 0.05) is 16.8 Å². The van der Waals surface area contributed by atoms with Crippen LogP contribution in [0.15, 0.2) is 57.2 Å². The highest BCUT2D eigenvalue weighted by Gasteiger charge is 2.12. The van der Waals surface area contributed by atoms with E-state index in [9.17, 15) is 9.00 Å². The Hall–Kier alpha value is -2.98. The van der Waals surface area contributed by atoms with Gasteiger partial charge in [-0.2, -0.15) is 4.98 Å². The molecule has 1 aromatic carbocycles. The molecule has 0 unspecified atom stereocenters. The first-order valence-electron chi connectivity index (χ1n) is 9.32. The van der Waals surface area contributed by atoms with Gasteiger partial charge >= 0.3 is 6.09 Å². The summed E-state index contributed by atoms with van der Waals surface area (Å²) in [5.41, 5.74) is 1.53. The van der Waals surface area contributed by atoms with Crippen molar-refractivity contribution >= 4 is 39.7 Å². The molecule has 0 spiro atoms. The minimum absolute atomic E-state index is 0.178. The molecule has 0 saturated heterocycles. The van der Waals surface area contributed by atoms with Gasteiger partial charge in [0.25, 0.3) is 0 Å². The van der Waals surface area contributed by atoms with Crippen LogP contribution in [0.2, 0.25) is 0 Å². The molecule has 0 aliphatic heterocycles. The number of thiophene rings is 1. The zero-order valence-corrected chi connectivity index (χ0v) is 18.2. The van der Waals surface area contributed by atoms with E-state index in [1.807, 2.05) is 24.4 Å².